The minimum absolute atomic E-state index is 0.459. The highest BCUT2D eigenvalue weighted by Gasteiger charge is 2.33. The molecule has 1 aliphatic heterocycles. The van der Waals surface area contributed by atoms with E-state index in [1.807, 2.05) is 0 Å². The lowest BCUT2D eigenvalue weighted by Gasteiger charge is -2.28. The van der Waals surface area contributed by atoms with Crippen molar-refractivity contribution in [2.75, 3.05) is 6.61 Å². The normalized spacial score (nSPS) is 47.1. The first kappa shape index (κ1) is 6.62. The van der Waals surface area contributed by atoms with Gasteiger partial charge in [-0.25, -0.2) is 0 Å². The Morgan fingerprint density at radius 3 is 2.90 bits per heavy atom. The van der Waals surface area contributed by atoms with Crippen molar-refractivity contribution in [2.24, 2.45) is 11.8 Å². The molecule has 1 saturated heterocycles. The molecule has 1 N–H and O–H groups in total. The van der Waals surface area contributed by atoms with Crippen molar-refractivity contribution >= 4 is 0 Å². The molecule has 2 rings (SSSR count). The van der Waals surface area contributed by atoms with Crippen LogP contribution in [0.15, 0.2) is 0 Å². The van der Waals surface area contributed by atoms with E-state index in [2.05, 4.69) is 0 Å². The number of aliphatic hydroxyl groups excluding tert-OH is 1. The standard InChI is InChI=1S/C8H14O2/c9-8-4-6-2-1-3-7(6)5-10-8/h6-9H,1-5H2/t6-,7+,8?/m1/s1. The number of hydrogen-bond donors (Lipinski definition) is 1. The van der Waals surface area contributed by atoms with Crippen molar-refractivity contribution in [3.05, 3.63) is 0 Å². The summed E-state index contributed by atoms with van der Waals surface area (Å²) in [5.74, 6) is 1.53. The molecule has 2 aliphatic rings. The number of aliphatic hydroxyl groups is 1. The smallest absolute Gasteiger partial charge is 0.154 e. The lowest BCUT2D eigenvalue weighted by Crippen LogP contribution is -2.30. The number of rotatable bonds is 0. The lowest BCUT2D eigenvalue weighted by atomic mass is 9.91. The number of hydrogen-bond acceptors (Lipinski definition) is 2. The first-order valence-corrected chi connectivity index (χ1v) is 4.16. The van der Waals surface area contributed by atoms with Crippen LogP contribution in [0.25, 0.3) is 0 Å². The number of ether oxygens (including phenoxy) is 1. The highest BCUT2D eigenvalue weighted by molar-refractivity contribution is 4.80. The zero-order valence-electron chi connectivity index (χ0n) is 6.12. The maximum Gasteiger partial charge on any atom is 0.154 e. The van der Waals surface area contributed by atoms with Crippen LogP contribution in [0.2, 0.25) is 0 Å². The molecule has 0 amide bonds. The van der Waals surface area contributed by atoms with Crippen LogP contribution in [-0.4, -0.2) is 18.0 Å². The molecule has 2 heteroatoms. The predicted molar refractivity (Wildman–Crippen MR) is 37.4 cm³/mol. The molecule has 0 aromatic carbocycles. The van der Waals surface area contributed by atoms with Crippen molar-refractivity contribution in [1.29, 1.82) is 0 Å². The van der Waals surface area contributed by atoms with E-state index in [9.17, 15) is 0 Å². The van der Waals surface area contributed by atoms with Crippen molar-refractivity contribution in [1.82, 2.24) is 0 Å². The maximum atomic E-state index is 9.13. The average molecular weight is 142 g/mol. The van der Waals surface area contributed by atoms with Crippen LogP contribution in [0.3, 0.4) is 0 Å². The summed E-state index contributed by atoms with van der Waals surface area (Å²) in [7, 11) is 0. The van der Waals surface area contributed by atoms with E-state index in [1.165, 1.54) is 19.3 Å². The fraction of sp³-hybridized carbons (Fsp3) is 1.00. The summed E-state index contributed by atoms with van der Waals surface area (Å²) in [4.78, 5) is 0. The molecule has 1 heterocycles. The Morgan fingerprint density at radius 2 is 2.00 bits per heavy atom. The van der Waals surface area contributed by atoms with Crippen molar-refractivity contribution in [3.63, 3.8) is 0 Å². The third-order valence-corrected chi connectivity index (χ3v) is 2.82. The van der Waals surface area contributed by atoms with Crippen LogP contribution in [-0.2, 0) is 4.74 Å². The van der Waals surface area contributed by atoms with Gasteiger partial charge in [-0.1, -0.05) is 6.42 Å². The zero-order chi connectivity index (χ0) is 6.97. The molecular formula is C8H14O2. The van der Waals surface area contributed by atoms with Gasteiger partial charge in [0, 0.05) is 6.42 Å². The summed E-state index contributed by atoms with van der Waals surface area (Å²) in [6.07, 6.45) is 4.39. The van der Waals surface area contributed by atoms with Gasteiger partial charge in [-0.05, 0) is 24.7 Å². The SMILES string of the molecule is OC1C[C@H]2CCC[C@H]2CO1. The van der Waals surface area contributed by atoms with Crippen LogP contribution in [0.4, 0.5) is 0 Å². The van der Waals surface area contributed by atoms with Gasteiger partial charge < -0.3 is 9.84 Å². The predicted octanol–water partition coefficient (Wildman–Crippen LogP) is 1.14. The molecule has 0 bridgehead atoms. The summed E-state index contributed by atoms with van der Waals surface area (Å²) < 4.78 is 5.15. The Hall–Kier alpha value is -0.0800. The van der Waals surface area contributed by atoms with Gasteiger partial charge in [-0.15, -0.1) is 0 Å². The molecule has 10 heavy (non-hydrogen) atoms. The molecule has 3 atom stereocenters. The first-order chi connectivity index (χ1) is 4.86. The number of fused-ring (bicyclic) bond motifs is 1. The Labute approximate surface area is 61.2 Å². The molecule has 1 saturated carbocycles. The first-order valence-electron chi connectivity index (χ1n) is 4.16. The largest absolute Gasteiger partial charge is 0.368 e. The second-order valence-corrected chi connectivity index (χ2v) is 3.47. The van der Waals surface area contributed by atoms with Crippen LogP contribution in [0.5, 0.6) is 0 Å². The van der Waals surface area contributed by atoms with E-state index >= 15 is 0 Å². The summed E-state index contributed by atoms with van der Waals surface area (Å²) in [5.41, 5.74) is 0. The molecule has 58 valence electrons. The minimum Gasteiger partial charge on any atom is -0.368 e. The Balaban J connectivity index is 1.96. The van der Waals surface area contributed by atoms with E-state index in [1.54, 1.807) is 0 Å². The van der Waals surface area contributed by atoms with Crippen LogP contribution >= 0.6 is 0 Å². The van der Waals surface area contributed by atoms with Gasteiger partial charge >= 0.3 is 0 Å². The molecule has 2 nitrogen and oxygen atoms in total. The van der Waals surface area contributed by atoms with E-state index in [0.29, 0.717) is 0 Å². The Morgan fingerprint density at radius 1 is 1.20 bits per heavy atom. The summed E-state index contributed by atoms with van der Waals surface area (Å²) in [6.45, 7) is 0.797. The molecular weight excluding hydrogens is 128 g/mol. The quantitative estimate of drug-likeness (QED) is 0.549. The fourth-order valence-electron chi connectivity index (χ4n) is 2.21. The molecule has 1 aliphatic carbocycles. The van der Waals surface area contributed by atoms with Gasteiger partial charge in [-0.3, -0.25) is 0 Å². The van der Waals surface area contributed by atoms with Crippen LogP contribution in [0.1, 0.15) is 25.7 Å². The fourth-order valence-corrected chi connectivity index (χ4v) is 2.21. The maximum absolute atomic E-state index is 9.13. The van der Waals surface area contributed by atoms with Gasteiger partial charge in [0.25, 0.3) is 0 Å². The molecule has 0 spiro atoms. The van der Waals surface area contributed by atoms with Crippen molar-refractivity contribution in [3.8, 4) is 0 Å². The van der Waals surface area contributed by atoms with Gasteiger partial charge in [0.15, 0.2) is 6.29 Å². The topological polar surface area (TPSA) is 29.5 Å². The highest BCUT2D eigenvalue weighted by Crippen LogP contribution is 2.38. The van der Waals surface area contributed by atoms with Crippen LogP contribution < -0.4 is 0 Å². The van der Waals surface area contributed by atoms with Crippen LogP contribution in [0, 0.1) is 11.8 Å². The third-order valence-electron chi connectivity index (χ3n) is 2.82. The van der Waals surface area contributed by atoms with Crippen molar-refractivity contribution < 1.29 is 9.84 Å². The monoisotopic (exact) mass is 142 g/mol. The second-order valence-electron chi connectivity index (χ2n) is 3.47. The van der Waals surface area contributed by atoms with Crippen molar-refractivity contribution in [2.45, 2.75) is 32.0 Å². The molecule has 0 radical (unpaired) electrons. The molecule has 2 fully saturated rings. The Kier molecular flexibility index (Phi) is 1.66. The summed E-state index contributed by atoms with van der Waals surface area (Å²) in [5, 5.41) is 9.13. The second kappa shape index (κ2) is 2.51. The van der Waals surface area contributed by atoms with E-state index < -0.39 is 6.29 Å². The van der Waals surface area contributed by atoms with Gasteiger partial charge in [0.1, 0.15) is 0 Å². The highest BCUT2D eigenvalue weighted by atomic mass is 16.6. The van der Waals surface area contributed by atoms with E-state index in [0.717, 1.165) is 24.9 Å². The van der Waals surface area contributed by atoms with E-state index in [4.69, 9.17) is 9.84 Å². The molecule has 0 aromatic rings. The van der Waals surface area contributed by atoms with E-state index in [-0.39, 0.29) is 0 Å². The molecule has 0 aromatic heterocycles. The zero-order valence-corrected chi connectivity index (χ0v) is 6.12. The summed E-state index contributed by atoms with van der Waals surface area (Å²) >= 11 is 0. The Bertz CT molecular complexity index is 124. The van der Waals surface area contributed by atoms with Gasteiger partial charge in [0.05, 0.1) is 6.61 Å². The van der Waals surface area contributed by atoms with Gasteiger partial charge in [0.2, 0.25) is 0 Å². The van der Waals surface area contributed by atoms with Gasteiger partial charge in [-0.2, -0.15) is 0 Å². The average Bonchev–Trinajstić information content (AvgIpc) is 2.33. The third kappa shape index (κ3) is 1.06. The summed E-state index contributed by atoms with van der Waals surface area (Å²) in [6, 6.07) is 0. The molecule has 1 unspecified atom stereocenters. The minimum atomic E-state index is -0.459. The lowest BCUT2D eigenvalue weighted by molar-refractivity contribution is -0.153.